The molecular weight excluding hydrogens is 292 g/mol. The quantitative estimate of drug-likeness (QED) is 0.242. The fourth-order valence-electron chi connectivity index (χ4n) is 2.24. The van der Waals surface area contributed by atoms with E-state index in [1.807, 2.05) is 0 Å². The number of ether oxygens (including phenoxy) is 2. The van der Waals surface area contributed by atoms with Crippen molar-refractivity contribution in [2.45, 2.75) is 84.5 Å². The number of carbonyl (C=O) groups excluding carboxylic acids is 2. The molecule has 0 N–H and O–H groups in total. The molecule has 134 valence electrons. The largest absolute Gasteiger partial charge is 0.462 e. The van der Waals surface area contributed by atoms with E-state index in [0.717, 1.165) is 12.8 Å². The second-order valence-electron chi connectivity index (χ2n) is 6.07. The predicted octanol–water partition coefficient (Wildman–Crippen LogP) is 4.96. The second-order valence-corrected chi connectivity index (χ2v) is 6.07. The Morgan fingerprint density at radius 1 is 0.783 bits per heavy atom. The van der Waals surface area contributed by atoms with Crippen LogP contribution in [0.15, 0.2) is 12.2 Å². The molecular formula is C19H34O4. The van der Waals surface area contributed by atoms with Crippen molar-refractivity contribution in [2.75, 3.05) is 13.2 Å². The van der Waals surface area contributed by atoms with Crippen LogP contribution in [0, 0.1) is 0 Å². The first-order valence-electron chi connectivity index (χ1n) is 9.06. The monoisotopic (exact) mass is 326 g/mol. The predicted molar refractivity (Wildman–Crippen MR) is 93.2 cm³/mol. The van der Waals surface area contributed by atoms with Gasteiger partial charge in [-0.3, -0.25) is 4.79 Å². The molecule has 0 saturated heterocycles. The molecule has 0 aliphatic rings. The number of carbonyl (C=O) groups is 2. The maximum Gasteiger partial charge on any atom is 0.333 e. The van der Waals surface area contributed by atoms with Gasteiger partial charge in [0.25, 0.3) is 0 Å². The van der Waals surface area contributed by atoms with Gasteiger partial charge in [0.1, 0.15) is 13.2 Å². The van der Waals surface area contributed by atoms with Gasteiger partial charge in [-0.2, -0.15) is 0 Å². The summed E-state index contributed by atoms with van der Waals surface area (Å²) >= 11 is 0. The average Bonchev–Trinajstić information content (AvgIpc) is 2.53. The Kier molecular flexibility index (Phi) is 14.7. The molecule has 0 rings (SSSR count). The van der Waals surface area contributed by atoms with Crippen molar-refractivity contribution in [3.63, 3.8) is 0 Å². The Morgan fingerprint density at radius 3 is 1.78 bits per heavy atom. The molecule has 0 fully saturated rings. The van der Waals surface area contributed by atoms with Crippen LogP contribution in [0.4, 0.5) is 0 Å². The minimum absolute atomic E-state index is 0.0927. The molecule has 0 saturated carbocycles. The topological polar surface area (TPSA) is 52.6 Å². The van der Waals surface area contributed by atoms with Crippen LogP contribution in [0.5, 0.6) is 0 Å². The number of hydrogen-bond acceptors (Lipinski definition) is 4. The molecule has 0 aromatic rings. The third kappa shape index (κ3) is 15.4. The van der Waals surface area contributed by atoms with Gasteiger partial charge in [0.05, 0.1) is 0 Å². The van der Waals surface area contributed by atoms with Gasteiger partial charge in [0.2, 0.25) is 0 Å². The zero-order valence-electron chi connectivity index (χ0n) is 15.0. The van der Waals surface area contributed by atoms with E-state index in [1.165, 1.54) is 51.4 Å². The highest BCUT2D eigenvalue weighted by Gasteiger charge is 2.05. The van der Waals surface area contributed by atoms with Crippen LogP contribution in [-0.4, -0.2) is 25.2 Å². The van der Waals surface area contributed by atoms with Gasteiger partial charge in [0.15, 0.2) is 0 Å². The number of unbranched alkanes of at least 4 members (excludes halogenated alkanes) is 9. The van der Waals surface area contributed by atoms with Crippen LogP contribution >= 0.6 is 0 Å². The molecule has 0 spiro atoms. The van der Waals surface area contributed by atoms with E-state index in [-0.39, 0.29) is 19.2 Å². The molecule has 0 heterocycles. The van der Waals surface area contributed by atoms with Crippen molar-refractivity contribution >= 4 is 11.9 Å². The van der Waals surface area contributed by atoms with Gasteiger partial charge < -0.3 is 9.47 Å². The lowest BCUT2D eigenvalue weighted by Gasteiger charge is -2.06. The van der Waals surface area contributed by atoms with Crippen molar-refractivity contribution in [3.8, 4) is 0 Å². The molecule has 23 heavy (non-hydrogen) atoms. The zero-order chi connectivity index (χ0) is 17.3. The standard InChI is InChI=1S/C19H34O4/c1-4-5-6-7-8-9-10-11-12-13-14-18(20)22-15-16-23-19(21)17(2)3/h2,4-16H2,1,3H3. The molecule has 0 atom stereocenters. The van der Waals surface area contributed by atoms with Gasteiger partial charge in [-0.15, -0.1) is 0 Å². The van der Waals surface area contributed by atoms with E-state index in [1.54, 1.807) is 6.92 Å². The minimum Gasteiger partial charge on any atom is -0.462 e. The highest BCUT2D eigenvalue weighted by atomic mass is 16.6. The SMILES string of the molecule is C=C(C)C(=O)OCCOC(=O)CCCCCCCCCCCC. The van der Waals surface area contributed by atoms with Crippen LogP contribution in [0.2, 0.25) is 0 Å². The third-order valence-corrected chi connectivity index (χ3v) is 3.66. The summed E-state index contributed by atoms with van der Waals surface area (Å²) in [5.41, 5.74) is 0.349. The Morgan fingerprint density at radius 2 is 1.26 bits per heavy atom. The first kappa shape index (κ1) is 21.7. The summed E-state index contributed by atoms with van der Waals surface area (Å²) in [5, 5.41) is 0. The minimum atomic E-state index is -0.448. The smallest absolute Gasteiger partial charge is 0.333 e. The molecule has 4 heteroatoms. The molecule has 0 radical (unpaired) electrons. The molecule has 0 aliphatic carbocycles. The van der Waals surface area contributed by atoms with E-state index in [9.17, 15) is 9.59 Å². The summed E-state index contributed by atoms with van der Waals surface area (Å²) in [7, 11) is 0. The zero-order valence-corrected chi connectivity index (χ0v) is 15.0. The summed E-state index contributed by atoms with van der Waals surface area (Å²) in [6.07, 6.45) is 12.9. The lowest BCUT2D eigenvalue weighted by molar-refractivity contribution is -0.150. The number of rotatable bonds is 15. The maximum atomic E-state index is 11.5. The summed E-state index contributed by atoms with van der Waals surface area (Å²) in [6, 6.07) is 0. The summed E-state index contributed by atoms with van der Waals surface area (Å²) in [5.74, 6) is -0.660. The van der Waals surface area contributed by atoms with Crippen molar-refractivity contribution in [2.24, 2.45) is 0 Å². The Hall–Kier alpha value is -1.32. The van der Waals surface area contributed by atoms with Crippen LogP contribution in [0.1, 0.15) is 84.5 Å². The van der Waals surface area contributed by atoms with Crippen molar-refractivity contribution < 1.29 is 19.1 Å². The lowest BCUT2D eigenvalue weighted by Crippen LogP contribution is -2.14. The van der Waals surface area contributed by atoms with Crippen molar-refractivity contribution in [1.82, 2.24) is 0 Å². The third-order valence-electron chi connectivity index (χ3n) is 3.66. The van der Waals surface area contributed by atoms with E-state index in [2.05, 4.69) is 13.5 Å². The first-order chi connectivity index (χ1) is 11.1. The second kappa shape index (κ2) is 15.6. The highest BCUT2D eigenvalue weighted by Crippen LogP contribution is 2.11. The lowest BCUT2D eigenvalue weighted by atomic mass is 10.1. The summed E-state index contributed by atoms with van der Waals surface area (Å²) in [4.78, 5) is 22.6. The van der Waals surface area contributed by atoms with Gasteiger partial charge >= 0.3 is 11.9 Å². The molecule has 4 nitrogen and oxygen atoms in total. The molecule has 0 aromatic heterocycles. The van der Waals surface area contributed by atoms with Crippen molar-refractivity contribution in [3.05, 3.63) is 12.2 Å². The Labute approximate surface area is 141 Å². The van der Waals surface area contributed by atoms with E-state index >= 15 is 0 Å². The Balaban J connectivity index is 3.27. The molecule has 0 amide bonds. The van der Waals surface area contributed by atoms with Gasteiger partial charge in [-0.05, 0) is 13.3 Å². The normalized spacial score (nSPS) is 10.3. The first-order valence-corrected chi connectivity index (χ1v) is 9.06. The van der Waals surface area contributed by atoms with Crippen molar-refractivity contribution in [1.29, 1.82) is 0 Å². The van der Waals surface area contributed by atoms with Crippen LogP contribution in [0.3, 0.4) is 0 Å². The number of hydrogen-bond donors (Lipinski definition) is 0. The van der Waals surface area contributed by atoms with Gasteiger partial charge in [-0.1, -0.05) is 71.3 Å². The molecule has 0 aliphatic heterocycles. The Bertz CT molecular complexity index is 336. The van der Waals surface area contributed by atoms with Crippen LogP contribution < -0.4 is 0 Å². The van der Waals surface area contributed by atoms with Crippen LogP contribution in [-0.2, 0) is 19.1 Å². The average molecular weight is 326 g/mol. The number of esters is 2. The highest BCUT2D eigenvalue weighted by molar-refractivity contribution is 5.86. The summed E-state index contributed by atoms with van der Waals surface area (Å²) < 4.78 is 9.85. The fraction of sp³-hybridized carbons (Fsp3) is 0.789. The van der Waals surface area contributed by atoms with E-state index < -0.39 is 5.97 Å². The summed E-state index contributed by atoms with van der Waals surface area (Å²) in [6.45, 7) is 7.51. The molecule has 0 unspecified atom stereocenters. The van der Waals surface area contributed by atoms with E-state index in [0.29, 0.717) is 12.0 Å². The van der Waals surface area contributed by atoms with Crippen LogP contribution in [0.25, 0.3) is 0 Å². The van der Waals surface area contributed by atoms with Gasteiger partial charge in [-0.25, -0.2) is 4.79 Å². The van der Waals surface area contributed by atoms with Gasteiger partial charge in [0, 0.05) is 12.0 Å². The fourth-order valence-corrected chi connectivity index (χ4v) is 2.24. The molecule has 0 aromatic carbocycles. The maximum absolute atomic E-state index is 11.5. The van der Waals surface area contributed by atoms with E-state index in [4.69, 9.17) is 9.47 Å². The molecule has 0 bridgehead atoms.